The summed E-state index contributed by atoms with van der Waals surface area (Å²) < 4.78 is 27.5. The van der Waals surface area contributed by atoms with Crippen LogP contribution in [0.15, 0.2) is 71.5 Å². The number of amides is 1. The third kappa shape index (κ3) is 6.04. The van der Waals surface area contributed by atoms with Gasteiger partial charge < -0.3 is 14.2 Å². The minimum absolute atomic E-state index is 0.0971. The molecule has 0 unspecified atom stereocenters. The van der Waals surface area contributed by atoms with Gasteiger partial charge in [-0.05, 0) is 112 Å². The first-order valence-electron chi connectivity index (χ1n) is 16.9. The van der Waals surface area contributed by atoms with Crippen molar-refractivity contribution in [3.05, 3.63) is 105 Å². The molecule has 2 aliphatic heterocycles. The second-order valence-corrected chi connectivity index (χ2v) is 14.9. The summed E-state index contributed by atoms with van der Waals surface area (Å²) in [6.07, 6.45) is 6.82. The van der Waals surface area contributed by atoms with E-state index >= 15 is 4.39 Å². The van der Waals surface area contributed by atoms with Crippen LogP contribution in [-0.4, -0.2) is 52.4 Å². The van der Waals surface area contributed by atoms with Crippen molar-refractivity contribution < 1.29 is 18.5 Å². The summed E-state index contributed by atoms with van der Waals surface area (Å²) in [6.45, 7) is 9.59. The minimum atomic E-state index is -0.511. The lowest BCUT2D eigenvalue weighted by Gasteiger charge is -2.46. The number of hydrogen-bond donors (Lipinski definition) is 1. The molecule has 3 aliphatic rings. The highest BCUT2D eigenvalue weighted by molar-refractivity contribution is 6.62. The molecule has 3 aromatic carbocycles. The molecule has 4 aromatic rings. The molecule has 1 saturated carbocycles. The Hall–Kier alpha value is -3.82. The van der Waals surface area contributed by atoms with Gasteiger partial charge in [0, 0.05) is 24.9 Å². The lowest BCUT2D eigenvalue weighted by molar-refractivity contribution is 0.00578. The Labute approximate surface area is 276 Å². The molecule has 244 valence electrons. The number of hydrogen-bond acceptors (Lipinski definition) is 5. The summed E-state index contributed by atoms with van der Waals surface area (Å²) in [5.41, 5.74) is 3.26. The Kier molecular flexibility index (Phi) is 8.12. The van der Waals surface area contributed by atoms with Gasteiger partial charge in [0.25, 0.3) is 11.5 Å². The Morgan fingerprint density at radius 2 is 1.55 bits per heavy atom. The molecule has 1 aromatic heterocycles. The maximum Gasteiger partial charge on any atom is 0.494 e. The van der Waals surface area contributed by atoms with Gasteiger partial charge in [0.05, 0.1) is 27.8 Å². The first kappa shape index (κ1) is 31.8. The highest BCUT2D eigenvalue weighted by Gasteiger charge is 2.51. The summed E-state index contributed by atoms with van der Waals surface area (Å²) in [7, 11) is -0.347. The first-order chi connectivity index (χ1) is 22.4. The molecule has 9 heteroatoms. The van der Waals surface area contributed by atoms with Crippen LogP contribution in [0, 0.1) is 11.2 Å². The van der Waals surface area contributed by atoms with Crippen LogP contribution in [0.4, 0.5) is 4.39 Å². The number of carbonyl (C=O) groups excluding carboxylic acids is 1. The molecule has 1 aliphatic carbocycles. The van der Waals surface area contributed by atoms with E-state index in [1.54, 1.807) is 18.2 Å². The van der Waals surface area contributed by atoms with Crippen molar-refractivity contribution in [2.45, 2.75) is 89.8 Å². The fourth-order valence-corrected chi connectivity index (χ4v) is 7.67. The van der Waals surface area contributed by atoms with Crippen molar-refractivity contribution in [3.8, 4) is 0 Å². The van der Waals surface area contributed by atoms with E-state index in [4.69, 9.17) is 9.31 Å². The van der Waals surface area contributed by atoms with E-state index in [-0.39, 0.29) is 40.8 Å². The molecule has 7 rings (SSSR count). The Morgan fingerprint density at radius 1 is 0.915 bits per heavy atom. The second-order valence-electron chi connectivity index (χ2n) is 14.9. The van der Waals surface area contributed by atoms with Crippen LogP contribution in [0.25, 0.3) is 10.8 Å². The number of fused-ring (bicyclic) bond motifs is 1. The van der Waals surface area contributed by atoms with Crippen molar-refractivity contribution in [2.75, 3.05) is 13.1 Å². The summed E-state index contributed by atoms with van der Waals surface area (Å²) in [5, 5.41) is 8.12. The van der Waals surface area contributed by atoms with Gasteiger partial charge >= 0.3 is 7.12 Å². The fourth-order valence-electron chi connectivity index (χ4n) is 7.67. The number of piperidine rings is 1. The first-order valence-corrected chi connectivity index (χ1v) is 16.9. The SMILES string of the molecule is CC1(C)OB(c2ccc(C3CCC4(CC3)CCN(C(=O)c3cc(Cc5n[nH]c(=O)c6ccccc56)ccc3F)CC4)cc2)OC1(C)C. The van der Waals surface area contributed by atoms with E-state index < -0.39 is 5.82 Å². The quantitative estimate of drug-likeness (QED) is 0.252. The molecule has 3 heterocycles. The number of aromatic amines is 1. The van der Waals surface area contributed by atoms with Crippen molar-refractivity contribution in [1.82, 2.24) is 15.1 Å². The Morgan fingerprint density at radius 3 is 2.21 bits per heavy atom. The monoisotopic (exact) mass is 635 g/mol. The Balaban J connectivity index is 0.959. The van der Waals surface area contributed by atoms with E-state index in [1.807, 2.05) is 23.1 Å². The number of carbonyl (C=O) groups is 1. The highest BCUT2D eigenvalue weighted by atomic mass is 19.1. The molecule has 0 bridgehead atoms. The largest absolute Gasteiger partial charge is 0.494 e. The highest BCUT2D eigenvalue weighted by Crippen LogP contribution is 2.49. The molecule has 47 heavy (non-hydrogen) atoms. The molecule has 1 spiro atoms. The van der Waals surface area contributed by atoms with Crippen LogP contribution in [0.2, 0.25) is 0 Å². The van der Waals surface area contributed by atoms with Crippen LogP contribution < -0.4 is 11.0 Å². The van der Waals surface area contributed by atoms with Crippen molar-refractivity contribution in [3.63, 3.8) is 0 Å². The maximum absolute atomic E-state index is 15.0. The molecule has 0 radical (unpaired) electrons. The average Bonchev–Trinajstić information content (AvgIpc) is 3.30. The predicted molar refractivity (Wildman–Crippen MR) is 183 cm³/mol. The molecule has 2 saturated heterocycles. The third-order valence-corrected chi connectivity index (χ3v) is 11.5. The number of nitrogens with one attached hydrogen (secondary N) is 1. The zero-order valence-electron chi connectivity index (χ0n) is 27.8. The minimum Gasteiger partial charge on any atom is -0.399 e. The number of aromatic nitrogens is 2. The summed E-state index contributed by atoms with van der Waals surface area (Å²) >= 11 is 0. The third-order valence-electron chi connectivity index (χ3n) is 11.5. The second kappa shape index (κ2) is 12.0. The van der Waals surface area contributed by atoms with Crippen LogP contribution in [0.1, 0.15) is 99.3 Å². The molecule has 7 nitrogen and oxygen atoms in total. The van der Waals surface area contributed by atoms with Gasteiger partial charge in [-0.25, -0.2) is 9.49 Å². The predicted octanol–water partition coefficient (Wildman–Crippen LogP) is 6.53. The lowest BCUT2D eigenvalue weighted by atomic mass is 9.64. The van der Waals surface area contributed by atoms with Crippen molar-refractivity contribution in [2.24, 2.45) is 5.41 Å². The van der Waals surface area contributed by atoms with Crippen LogP contribution >= 0.6 is 0 Å². The van der Waals surface area contributed by atoms with E-state index in [1.165, 1.54) is 11.6 Å². The van der Waals surface area contributed by atoms with Crippen LogP contribution in [0.5, 0.6) is 0 Å². The number of rotatable bonds is 5. The van der Waals surface area contributed by atoms with Gasteiger partial charge in [-0.2, -0.15) is 5.10 Å². The Bertz CT molecular complexity index is 1840. The van der Waals surface area contributed by atoms with Crippen molar-refractivity contribution in [1.29, 1.82) is 0 Å². The maximum atomic E-state index is 15.0. The zero-order chi connectivity index (χ0) is 33.0. The van der Waals surface area contributed by atoms with E-state index in [0.717, 1.165) is 54.9 Å². The van der Waals surface area contributed by atoms with Gasteiger partial charge in [-0.1, -0.05) is 48.5 Å². The number of halogens is 1. The smallest absolute Gasteiger partial charge is 0.399 e. The van der Waals surface area contributed by atoms with Gasteiger partial charge in [-0.3, -0.25) is 9.59 Å². The number of nitrogens with zero attached hydrogens (tertiary/aromatic N) is 2. The van der Waals surface area contributed by atoms with Crippen molar-refractivity contribution >= 4 is 29.3 Å². The zero-order valence-corrected chi connectivity index (χ0v) is 27.8. The average molecular weight is 636 g/mol. The topological polar surface area (TPSA) is 84.5 Å². The standard InChI is InChI=1S/C38H43BFN3O4/c1-36(2)37(3,4)47-39(46-36)28-12-10-26(11-13-28)27-15-17-38(18-16-27)19-21-43(22-20-38)35(45)31-23-25(9-14-32(31)40)24-33-29-7-5-6-8-30(29)34(44)42-41-33/h5-14,23,27H,15-22,24H2,1-4H3,(H,42,44). The summed E-state index contributed by atoms with van der Waals surface area (Å²) in [4.78, 5) is 27.6. The van der Waals surface area contributed by atoms with E-state index in [9.17, 15) is 9.59 Å². The normalized spacial score (nSPS) is 20.6. The fraction of sp³-hybridized carbons (Fsp3) is 0.447. The molecular weight excluding hydrogens is 592 g/mol. The van der Waals surface area contributed by atoms with Gasteiger partial charge in [0.2, 0.25) is 0 Å². The van der Waals surface area contributed by atoms with Crippen LogP contribution in [-0.2, 0) is 15.7 Å². The van der Waals surface area contributed by atoms with E-state index in [0.29, 0.717) is 36.5 Å². The molecular formula is C38H43BFN3O4. The van der Waals surface area contributed by atoms with Gasteiger partial charge in [-0.15, -0.1) is 0 Å². The number of H-pyrrole nitrogens is 1. The van der Waals surface area contributed by atoms with Gasteiger partial charge in [0.1, 0.15) is 5.82 Å². The molecule has 3 fully saturated rings. The van der Waals surface area contributed by atoms with Crippen LogP contribution in [0.3, 0.4) is 0 Å². The molecule has 0 atom stereocenters. The molecule has 1 N–H and O–H groups in total. The summed E-state index contributed by atoms with van der Waals surface area (Å²) in [5.74, 6) is -0.240. The number of benzene rings is 3. The molecule has 1 amide bonds. The number of likely N-dealkylation sites (tertiary alicyclic amines) is 1. The summed E-state index contributed by atoms with van der Waals surface area (Å²) in [6, 6.07) is 20.8. The van der Waals surface area contributed by atoms with E-state index in [2.05, 4.69) is 62.2 Å². The lowest BCUT2D eigenvalue weighted by Crippen LogP contribution is -2.44. The van der Waals surface area contributed by atoms with Gasteiger partial charge in [0.15, 0.2) is 0 Å².